The van der Waals surface area contributed by atoms with E-state index in [1.54, 1.807) is 71.8 Å². The van der Waals surface area contributed by atoms with Crippen LogP contribution in [0.3, 0.4) is 0 Å². The molecule has 0 bridgehead atoms. The van der Waals surface area contributed by atoms with Gasteiger partial charge in [0.1, 0.15) is 0 Å². The van der Waals surface area contributed by atoms with Crippen LogP contribution in [0.25, 0.3) is 90.8 Å². The third-order valence-corrected chi connectivity index (χ3v) is 48.3. The van der Waals surface area contributed by atoms with Crippen LogP contribution in [0, 0.1) is 83.1 Å². The molecule has 21 heteroatoms. The summed E-state index contributed by atoms with van der Waals surface area (Å²) >= 11 is 35.6. The monoisotopic (exact) mass is 2320 g/mol. The summed E-state index contributed by atoms with van der Waals surface area (Å²) in [5.41, 5.74) is 0. The predicted molar refractivity (Wildman–Crippen MR) is 701 cm³/mol. The maximum Gasteiger partial charge on any atom is 0.174 e. The molecule has 0 spiro atoms. The third-order valence-electron chi connectivity index (χ3n) is 27.3. The van der Waals surface area contributed by atoms with Crippen molar-refractivity contribution in [3.8, 4) is 15.2 Å². The quantitative estimate of drug-likeness (QED) is 0.0273. The van der Waals surface area contributed by atoms with E-state index in [0.29, 0.717) is 0 Å². The molecular formula is C126H186O3S18. The number of thioether (sulfide) groups is 6. The first-order valence-electron chi connectivity index (χ1n) is 57.6. The highest BCUT2D eigenvalue weighted by Crippen LogP contribution is 2.54. The van der Waals surface area contributed by atoms with Crippen LogP contribution in [0.4, 0.5) is 0 Å². The lowest BCUT2D eigenvalue weighted by atomic mass is 10.1. The molecule has 0 unspecified atom stereocenters. The average molecular weight is 2330 g/mol. The minimum atomic E-state index is 0.755. The SMILES string of the molecule is CCCCCCCCCCCCOc1cc2c(C)sc(C)c2s1.CCCCCCCCCCCCSc1c2cc(C)sc2c(SCCCCCCCCCCCC)c2cc(C)sc12.CCCCCCCCOc1cc2c(C)sc(C)c2s1.CCCCCCCCSc1c2cc(C)sc2c(SCCCCCCCC)c2cc(C)sc12.CCOc1cc2c(C)sc(C)c2s1.CCSc1c2cc(C)sc2c(SCC)c2cc(C)sc12. The van der Waals surface area contributed by atoms with E-state index in [9.17, 15) is 0 Å². The lowest BCUT2D eigenvalue weighted by molar-refractivity contribution is 0.313. The van der Waals surface area contributed by atoms with Crippen molar-refractivity contribution in [2.45, 2.75) is 483 Å². The predicted octanol–water partition coefficient (Wildman–Crippen LogP) is 51.5. The van der Waals surface area contributed by atoms with Gasteiger partial charge < -0.3 is 14.2 Å². The van der Waals surface area contributed by atoms with E-state index < -0.39 is 0 Å². The average Bonchev–Trinajstić information content (AvgIpc) is 1.60. The summed E-state index contributed by atoms with van der Waals surface area (Å²) in [4.78, 5) is 26.5. The molecule has 15 aromatic rings. The Morgan fingerprint density at radius 2 is 0.354 bits per heavy atom. The number of hydrogen-bond acceptors (Lipinski definition) is 21. The molecule has 0 N–H and O–H groups in total. The van der Waals surface area contributed by atoms with Crippen molar-refractivity contribution in [3.63, 3.8) is 0 Å². The second-order valence-corrected chi connectivity index (χ2v) is 62.2. The Balaban J connectivity index is 0.000000187. The molecule has 12 aromatic heterocycles. The molecule has 0 saturated carbocycles. The summed E-state index contributed by atoms with van der Waals surface area (Å²) in [5.74, 6) is 7.31. The van der Waals surface area contributed by atoms with E-state index in [-0.39, 0.29) is 0 Å². The van der Waals surface area contributed by atoms with Gasteiger partial charge in [0.15, 0.2) is 15.2 Å². The van der Waals surface area contributed by atoms with Crippen molar-refractivity contribution in [1.82, 2.24) is 0 Å². The molecule has 147 heavy (non-hydrogen) atoms. The molecule has 0 aliphatic rings. The number of unbranched alkanes of at least 4 members (excludes halogenated alkanes) is 42. The maximum absolute atomic E-state index is 5.95. The summed E-state index contributed by atoms with van der Waals surface area (Å²) in [7, 11) is 0. The van der Waals surface area contributed by atoms with Crippen LogP contribution >= 0.6 is 207 Å². The first-order valence-corrected chi connectivity index (χ1v) is 73.4. The topological polar surface area (TPSA) is 27.7 Å². The Hall–Kier alpha value is -2.10. The summed E-state index contributed by atoms with van der Waals surface area (Å²) in [6, 6.07) is 21.3. The Morgan fingerprint density at radius 1 is 0.170 bits per heavy atom. The van der Waals surface area contributed by atoms with Gasteiger partial charge in [-0.1, -0.05) is 359 Å². The molecule has 12 heterocycles. The minimum Gasteiger partial charge on any atom is -0.484 e. The van der Waals surface area contributed by atoms with Crippen molar-refractivity contribution in [2.24, 2.45) is 0 Å². The lowest BCUT2D eigenvalue weighted by Crippen LogP contribution is -1.95. The number of benzene rings is 3. The van der Waals surface area contributed by atoms with Crippen LogP contribution < -0.4 is 14.2 Å². The van der Waals surface area contributed by atoms with Crippen LogP contribution in [-0.2, 0) is 0 Å². The van der Waals surface area contributed by atoms with Gasteiger partial charge in [-0.05, 0) is 199 Å². The summed E-state index contributed by atoms with van der Waals surface area (Å²) < 4.78 is 30.8. The molecule has 0 saturated heterocycles. The van der Waals surface area contributed by atoms with Gasteiger partial charge >= 0.3 is 0 Å². The van der Waals surface area contributed by atoms with Gasteiger partial charge in [0, 0.05) is 183 Å². The zero-order chi connectivity index (χ0) is 105. The van der Waals surface area contributed by atoms with E-state index in [0.717, 1.165) is 46.5 Å². The highest BCUT2D eigenvalue weighted by Gasteiger charge is 2.25. The fraction of sp³-hybridized carbons (Fsp3) is 0.619. The zero-order valence-electron chi connectivity index (χ0n) is 94.6. The molecule has 0 radical (unpaired) electrons. The molecule has 15 rings (SSSR count). The number of thiophene rings is 12. The molecule has 0 amide bonds. The molecule has 816 valence electrons. The van der Waals surface area contributed by atoms with Gasteiger partial charge in [-0.3, -0.25) is 0 Å². The minimum absolute atomic E-state index is 0.755. The molecule has 3 aromatic carbocycles. The lowest BCUT2D eigenvalue weighted by Gasteiger charge is -2.11. The zero-order valence-corrected chi connectivity index (χ0v) is 109. The Morgan fingerprint density at radius 3 is 0.544 bits per heavy atom. The standard InChI is InChI=1S/C36H58S4.C28H42S4.C20H32OS2.C16H24OS2.C16H18S4.C10H12OS2/c1-5-7-9-11-13-15-17-19-21-23-25-37-33-31-27-29(3)40-36(31)34(32-28-30(4)39-35(32)33)38-26-24-22-20-18-16-14-12-10-8-6-2;1-5-7-9-11-13-15-17-29-25-23-19-21(3)32-28(23)26(24-20-22(4)31-27(24)25)30-18-16-14-12-10-8-6-2;1-4-5-6-7-8-9-10-11-12-13-14-21-19-15-18-16(2)22-17(3)20(18)23-19;1-4-5-6-7-8-9-10-17-15-11-14-12(2)18-13(3)16(14)19-15;1-5-17-13-11-7-9(3)20-16(11)14(18-6-2)12-8-10(4)19-15(12)13;1-4-11-9-5-8-6(2)12-7(3)10(8)13-9/h27-28H,5-26H2,1-4H3;19-20H,5-18H2,1-4H3;15H,4-14H2,1-3H3;11H,4-10H2,1-3H3;7-8H,5-6H2,1-4H3;5H,4H2,1-3H3. The molecule has 0 fully saturated rings. The van der Waals surface area contributed by atoms with E-state index in [2.05, 4.69) is 240 Å². The van der Waals surface area contributed by atoms with Crippen molar-refractivity contribution < 1.29 is 14.2 Å². The van der Waals surface area contributed by atoms with E-state index in [4.69, 9.17) is 14.2 Å². The number of fused-ring (bicyclic) bond motifs is 9. The molecule has 0 aliphatic heterocycles. The van der Waals surface area contributed by atoms with Gasteiger partial charge in [0.05, 0.1) is 33.9 Å². The second kappa shape index (κ2) is 72.1. The number of ether oxygens (including phenoxy) is 3. The van der Waals surface area contributed by atoms with Gasteiger partial charge in [-0.25, -0.2) is 0 Å². The van der Waals surface area contributed by atoms with Gasteiger partial charge in [0.2, 0.25) is 0 Å². The highest BCUT2D eigenvalue weighted by atomic mass is 32.2. The highest BCUT2D eigenvalue weighted by molar-refractivity contribution is 8.01. The second-order valence-electron chi connectivity index (χ2n) is 40.4. The molecule has 0 aliphatic carbocycles. The largest absolute Gasteiger partial charge is 0.484 e. The Kier molecular flexibility index (Phi) is 62.1. The van der Waals surface area contributed by atoms with Crippen molar-refractivity contribution in [2.75, 3.05) is 54.3 Å². The van der Waals surface area contributed by atoms with Crippen LogP contribution in [0.5, 0.6) is 15.2 Å². The van der Waals surface area contributed by atoms with Crippen molar-refractivity contribution >= 4 is 297 Å². The Labute approximate surface area is 966 Å². The smallest absolute Gasteiger partial charge is 0.174 e. The summed E-state index contributed by atoms with van der Waals surface area (Å²) in [6.45, 7) is 49.6. The van der Waals surface area contributed by atoms with Crippen LogP contribution in [-0.4, -0.2) is 54.3 Å². The maximum atomic E-state index is 5.95. The van der Waals surface area contributed by atoms with Gasteiger partial charge in [-0.2, -0.15) is 0 Å². The normalized spacial score (nSPS) is 11.7. The van der Waals surface area contributed by atoms with Gasteiger partial charge in [-0.15, -0.1) is 173 Å². The molecule has 3 nitrogen and oxygen atoms in total. The fourth-order valence-corrected chi connectivity index (χ4v) is 40.4. The molecular weight excluding hydrogens is 2140 g/mol. The van der Waals surface area contributed by atoms with Crippen LogP contribution in [0.1, 0.15) is 429 Å². The number of rotatable bonds is 66. The van der Waals surface area contributed by atoms with Crippen molar-refractivity contribution in [1.29, 1.82) is 0 Å². The number of aryl methyl sites for hydroxylation is 12. The van der Waals surface area contributed by atoms with E-state index in [1.807, 2.05) is 144 Å². The van der Waals surface area contributed by atoms with Crippen LogP contribution in [0.15, 0.2) is 84.0 Å². The number of hydrogen-bond donors (Lipinski definition) is 0. The van der Waals surface area contributed by atoms with Crippen molar-refractivity contribution in [3.05, 3.63) is 113 Å². The Bertz CT molecular complexity index is 5690. The molecule has 0 atom stereocenters. The first kappa shape index (κ1) is 127. The first-order chi connectivity index (χ1) is 71.6. The third kappa shape index (κ3) is 41.3. The fourth-order valence-electron chi connectivity index (χ4n) is 19.5. The van der Waals surface area contributed by atoms with Crippen LogP contribution in [0.2, 0.25) is 0 Å². The van der Waals surface area contributed by atoms with E-state index >= 15 is 0 Å². The summed E-state index contributed by atoms with van der Waals surface area (Å²) in [5, 5.41) is 16.5. The van der Waals surface area contributed by atoms with Gasteiger partial charge in [0.25, 0.3) is 0 Å². The summed E-state index contributed by atoms with van der Waals surface area (Å²) in [6.07, 6.45) is 66.6. The van der Waals surface area contributed by atoms with E-state index in [1.165, 1.54) is 461 Å².